The van der Waals surface area contributed by atoms with E-state index in [4.69, 9.17) is 14.2 Å². The molecule has 2 aromatic rings. The van der Waals surface area contributed by atoms with Gasteiger partial charge in [0.25, 0.3) is 5.69 Å². The van der Waals surface area contributed by atoms with Gasteiger partial charge in [0.05, 0.1) is 16.4 Å². The molecule has 10 nitrogen and oxygen atoms in total. The van der Waals surface area contributed by atoms with Crippen LogP contribution in [0.4, 0.5) is 10.5 Å². The number of ketones is 1. The SMILES string of the molecule is Cl.O=C(Oc1ccc([N+](=O)[O-])cc1)Oc1ccc2c3c1O[C@H]1C(=O)C[C@H](O)C4[C@@H](C2)N(CC2CC2)CC[C@@]341. The second-order valence-electron chi connectivity index (χ2n) is 10.9. The van der Waals surface area contributed by atoms with Gasteiger partial charge in [0.15, 0.2) is 23.4 Å². The highest BCUT2D eigenvalue weighted by Crippen LogP contribution is 2.63. The number of aliphatic hydroxyl groups is 1. The van der Waals surface area contributed by atoms with Gasteiger partial charge in [0, 0.05) is 42.6 Å². The number of hydrogen-bond donors (Lipinski definition) is 1. The van der Waals surface area contributed by atoms with Crippen LogP contribution in [0.2, 0.25) is 0 Å². The second-order valence-corrected chi connectivity index (χ2v) is 10.9. The Morgan fingerprint density at radius 2 is 1.92 bits per heavy atom. The number of nitro groups is 1. The Labute approximate surface area is 224 Å². The number of aliphatic hydroxyl groups excluding tert-OH is 1. The van der Waals surface area contributed by atoms with Crippen LogP contribution in [0.1, 0.15) is 36.8 Å². The van der Waals surface area contributed by atoms with Gasteiger partial charge in [-0.2, -0.15) is 0 Å². The van der Waals surface area contributed by atoms with E-state index in [0.29, 0.717) is 12.2 Å². The number of carbonyl (C=O) groups is 2. The predicted octanol–water partition coefficient (Wildman–Crippen LogP) is 3.58. The van der Waals surface area contributed by atoms with E-state index in [0.717, 1.165) is 36.6 Å². The Balaban J connectivity index is 0.00000264. The maximum absolute atomic E-state index is 13.2. The van der Waals surface area contributed by atoms with Gasteiger partial charge in [-0.3, -0.25) is 19.8 Å². The van der Waals surface area contributed by atoms with Gasteiger partial charge >= 0.3 is 6.16 Å². The Morgan fingerprint density at radius 1 is 1.16 bits per heavy atom. The first-order chi connectivity index (χ1) is 17.8. The maximum Gasteiger partial charge on any atom is 0.519 e. The van der Waals surface area contributed by atoms with Crippen LogP contribution >= 0.6 is 12.4 Å². The predicted molar refractivity (Wildman–Crippen MR) is 135 cm³/mol. The van der Waals surface area contributed by atoms with Gasteiger partial charge in [-0.05, 0) is 61.9 Å². The molecule has 1 spiro atoms. The molecule has 2 bridgehead atoms. The second kappa shape index (κ2) is 8.93. The van der Waals surface area contributed by atoms with Crippen LogP contribution in [0.5, 0.6) is 17.2 Å². The number of benzene rings is 2. The molecule has 0 aromatic heterocycles. The minimum absolute atomic E-state index is 0. The highest BCUT2D eigenvalue weighted by molar-refractivity contribution is 5.90. The van der Waals surface area contributed by atoms with Crippen molar-refractivity contribution in [3.05, 3.63) is 57.6 Å². The Hall–Kier alpha value is -3.21. The van der Waals surface area contributed by atoms with Gasteiger partial charge in [0.2, 0.25) is 0 Å². The standard InChI is InChI=1S/C27H26N2O8.ClH/c30-19-12-20(31)25-27-9-10-28(13-14-1-2-14)18(23(19)27)11-15-3-8-21(24(37-25)22(15)27)36-26(32)35-17-6-4-16(5-7-17)29(33)34;/h3-8,14,18-19,23,25,30H,1-2,9-13H2;1H/t18-,19+,23?,25+,27-;/m1./s1. The number of nitro benzene ring substituents is 1. The Bertz CT molecular complexity index is 1330. The number of halogens is 1. The van der Waals surface area contributed by atoms with Gasteiger partial charge in [-0.25, -0.2) is 4.79 Å². The molecule has 5 aliphatic rings. The third-order valence-electron chi connectivity index (χ3n) is 8.85. The van der Waals surface area contributed by atoms with Crippen LogP contribution in [0, 0.1) is 22.0 Å². The summed E-state index contributed by atoms with van der Waals surface area (Å²) in [5, 5.41) is 22.0. The van der Waals surface area contributed by atoms with E-state index in [1.807, 2.05) is 6.07 Å². The van der Waals surface area contributed by atoms with Crippen molar-refractivity contribution in [3.8, 4) is 17.2 Å². The van der Waals surface area contributed by atoms with Crippen LogP contribution in [-0.4, -0.2) is 58.2 Å². The third kappa shape index (κ3) is 3.69. The zero-order valence-corrected chi connectivity index (χ0v) is 21.2. The molecule has 2 aliphatic heterocycles. The fraction of sp³-hybridized carbons (Fsp3) is 0.481. The fourth-order valence-corrected chi connectivity index (χ4v) is 7.24. The monoisotopic (exact) mass is 542 g/mol. The number of non-ortho nitro benzene ring substituents is 1. The number of piperidine rings is 1. The molecule has 5 atom stereocenters. The van der Waals surface area contributed by atoms with E-state index < -0.39 is 28.7 Å². The lowest BCUT2D eigenvalue weighted by molar-refractivity contribution is -0.384. The van der Waals surface area contributed by atoms with Crippen molar-refractivity contribution in [1.29, 1.82) is 0 Å². The van der Waals surface area contributed by atoms with E-state index in [1.54, 1.807) is 6.07 Å². The summed E-state index contributed by atoms with van der Waals surface area (Å²) in [6, 6.07) is 8.83. The summed E-state index contributed by atoms with van der Waals surface area (Å²) >= 11 is 0. The lowest BCUT2D eigenvalue weighted by atomic mass is 9.51. The van der Waals surface area contributed by atoms with Crippen molar-refractivity contribution in [1.82, 2.24) is 4.90 Å². The quantitative estimate of drug-likeness (QED) is 0.261. The zero-order chi connectivity index (χ0) is 25.5. The van der Waals surface area contributed by atoms with Gasteiger partial charge in [-0.15, -0.1) is 12.4 Å². The molecular formula is C27H27ClN2O8. The average Bonchev–Trinajstić information content (AvgIpc) is 3.61. The number of Topliss-reactive ketones (excluding diaryl/α,β-unsaturated/α-hetero) is 1. The number of nitrogens with zero attached hydrogens (tertiary/aromatic N) is 2. The van der Waals surface area contributed by atoms with Crippen molar-refractivity contribution in [3.63, 3.8) is 0 Å². The van der Waals surface area contributed by atoms with E-state index >= 15 is 0 Å². The molecule has 3 fully saturated rings. The summed E-state index contributed by atoms with van der Waals surface area (Å²) in [7, 11) is 0. The smallest absolute Gasteiger partial charge is 0.477 e. The van der Waals surface area contributed by atoms with Gasteiger partial charge in [0.1, 0.15) is 5.75 Å². The zero-order valence-electron chi connectivity index (χ0n) is 20.4. The van der Waals surface area contributed by atoms with Gasteiger partial charge in [-0.1, -0.05) is 6.07 Å². The van der Waals surface area contributed by atoms with Crippen molar-refractivity contribution in [2.45, 2.75) is 55.8 Å². The highest BCUT2D eigenvalue weighted by atomic mass is 35.5. The number of hydrogen-bond acceptors (Lipinski definition) is 9. The van der Waals surface area contributed by atoms with Crippen LogP contribution in [-0.2, 0) is 16.6 Å². The minimum atomic E-state index is -1.02. The average molecular weight is 543 g/mol. The largest absolute Gasteiger partial charge is 0.519 e. The van der Waals surface area contributed by atoms with E-state index in [1.165, 1.54) is 37.1 Å². The summed E-state index contributed by atoms with van der Waals surface area (Å²) in [5.41, 5.74) is 1.20. The number of rotatable bonds is 5. The summed E-state index contributed by atoms with van der Waals surface area (Å²) in [6.45, 7) is 1.87. The normalized spacial score (nSPS) is 30.5. The molecule has 2 aromatic carbocycles. The molecule has 1 saturated heterocycles. The first-order valence-corrected chi connectivity index (χ1v) is 12.8. The lowest BCUT2D eigenvalue weighted by Crippen LogP contribution is -2.70. The van der Waals surface area contributed by atoms with Crippen molar-refractivity contribution >= 4 is 30.0 Å². The Morgan fingerprint density at radius 3 is 2.63 bits per heavy atom. The molecule has 11 heteroatoms. The molecule has 0 radical (unpaired) electrons. The number of ether oxygens (including phenoxy) is 3. The fourth-order valence-electron chi connectivity index (χ4n) is 7.24. The summed E-state index contributed by atoms with van der Waals surface area (Å²) in [4.78, 5) is 38.6. The van der Waals surface area contributed by atoms with Crippen molar-refractivity contribution in [2.75, 3.05) is 13.1 Å². The molecule has 200 valence electrons. The van der Waals surface area contributed by atoms with Crippen molar-refractivity contribution in [2.24, 2.45) is 11.8 Å². The highest BCUT2D eigenvalue weighted by Gasteiger charge is 2.68. The van der Waals surface area contributed by atoms with E-state index in [9.17, 15) is 24.8 Å². The lowest BCUT2D eigenvalue weighted by Gasteiger charge is -2.59. The summed E-state index contributed by atoms with van der Waals surface area (Å²) in [6.07, 6.45) is 1.54. The minimum Gasteiger partial charge on any atom is -0.477 e. The van der Waals surface area contributed by atoms with E-state index in [2.05, 4.69) is 4.90 Å². The molecule has 1 N–H and O–H groups in total. The summed E-state index contributed by atoms with van der Waals surface area (Å²) < 4.78 is 17.1. The van der Waals surface area contributed by atoms with Crippen molar-refractivity contribution < 1.29 is 33.8 Å². The molecule has 7 rings (SSSR count). The third-order valence-corrected chi connectivity index (χ3v) is 8.85. The van der Waals surface area contributed by atoms with Crippen LogP contribution in [0.15, 0.2) is 36.4 Å². The Kier molecular flexibility index (Phi) is 5.89. The van der Waals surface area contributed by atoms with Crippen LogP contribution < -0.4 is 14.2 Å². The summed E-state index contributed by atoms with van der Waals surface area (Å²) in [5.74, 6) is 1.11. The van der Waals surface area contributed by atoms with Crippen LogP contribution in [0.3, 0.4) is 0 Å². The first kappa shape index (κ1) is 25.1. The van der Waals surface area contributed by atoms with Gasteiger partial charge < -0.3 is 19.3 Å². The molecule has 2 saturated carbocycles. The van der Waals surface area contributed by atoms with E-state index in [-0.39, 0.29) is 53.8 Å². The molecule has 1 unspecified atom stereocenters. The molecule has 0 amide bonds. The molecule has 38 heavy (non-hydrogen) atoms. The topological polar surface area (TPSA) is 128 Å². The van der Waals surface area contributed by atoms with Crippen LogP contribution in [0.25, 0.3) is 0 Å². The maximum atomic E-state index is 13.2. The first-order valence-electron chi connectivity index (χ1n) is 12.8. The number of carbonyl (C=O) groups excluding carboxylic acids is 2. The molecule has 3 aliphatic carbocycles. The molecular weight excluding hydrogens is 516 g/mol. The molecule has 2 heterocycles. The number of likely N-dealkylation sites (tertiary alicyclic amines) is 1.